The van der Waals surface area contributed by atoms with Crippen LogP contribution in [-0.4, -0.2) is 16.1 Å². The van der Waals surface area contributed by atoms with Gasteiger partial charge in [0.2, 0.25) is 0 Å². The van der Waals surface area contributed by atoms with Gasteiger partial charge in [0.1, 0.15) is 5.82 Å². The maximum absolute atomic E-state index is 5.59. The SMILES string of the molecule is CCn1c(CCCN)nc2cc(C(C)C)ccc21. The van der Waals surface area contributed by atoms with E-state index in [9.17, 15) is 0 Å². The van der Waals surface area contributed by atoms with Gasteiger partial charge in [-0.25, -0.2) is 4.98 Å². The van der Waals surface area contributed by atoms with Crippen LogP contribution in [0.25, 0.3) is 11.0 Å². The fourth-order valence-electron chi connectivity index (χ4n) is 2.36. The van der Waals surface area contributed by atoms with Gasteiger partial charge in [0.05, 0.1) is 11.0 Å². The number of nitrogens with zero attached hydrogens (tertiary/aromatic N) is 2. The number of hydrogen-bond acceptors (Lipinski definition) is 2. The molecule has 3 nitrogen and oxygen atoms in total. The van der Waals surface area contributed by atoms with Crippen LogP contribution in [-0.2, 0) is 13.0 Å². The second-order valence-corrected chi connectivity index (χ2v) is 5.07. The molecule has 0 aliphatic carbocycles. The number of fused-ring (bicyclic) bond motifs is 1. The Morgan fingerprint density at radius 1 is 1.33 bits per heavy atom. The van der Waals surface area contributed by atoms with Crippen molar-refractivity contribution in [2.24, 2.45) is 5.73 Å². The summed E-state index contributed by atoms with van der Waals surface area (Å²) in [5.74, 6) is 1.72. The van der Waals surface area contributed by atoms with E-state index in [1.165, 1.54) is 16.9 Å². The van der Waals surface area contributed by atoms with E-state index in [4.69, 9.17) is 10.7 Å². The maximum Gasteiger partial charge on any atom is 0.109 e. The number of benzene rings is 1. The third-order valence-corrected chi connectivity index (χ3v) is 3.44. The monoisotopic (exact) mass is 245 g/mol. The average Bonchev–Trinajstić information content (AvgIpc) is 2.72. The quantitative estimate of drug-likeness (QED) is 0.879. The maximum atomic E-state index is 5.59. The molecule has 0 unspecified atom stereocenters. The Morgan fingerprint density at radius 2 is 2.11 bits per heavy atom. The lowest BCUT2D eigenvalue weighted by molar-refractivity contribution is 0.686. The van der Waals surface area contributed by atoms with Crippen molar-refractivity contribution in [1.29, 1.82) is 0 Å². The molecule has 1 aromatic heterocycles. The van der Waals surface area contributed by atoms with E-state index in [0.29, 0.717) is 5.92 Å². The minimum absolute atomic E-state index is 0.550. The second kappa shape index (κ2) is 5.53. The van der Waals surface area contributed by atoms with Crippen LogP contribution in [0.2, 0.25) is 0 Å². The third kappa shape index (κ3) is 2.41. The molecular weight excluding hydrogens is 222 g/mol. The van der Waals surface area contributed by atoms with Crippen LogP contribution in [0.1, 0.15) is 44.5 Å². The summed E-state index contributed by atoms with van der Waals surface area (Å²) < 4.78 is 2.30. The molecular formula is C15H23N3. The van der Waals surface area contributed by atoms with Gasteiger partial charge < -0.3 is 10.3 Å². The molecule has 1 aromatic carbocycles. The lowest BCUT2D eigenvalue weighted by Gasteiger charge is -2.06. The first-order chi connectivity index (χ1) is 8.67. The molecule has 0 bridgehead atoms. The van der Waals surface area contributed by atoms with Crippen molar-refractivity contribution in [3.05, 3.63) is 29.6 Å². The predicted molar refractivity (Wildman–Crippen MR) is 76.9 cm³/mol. The van der Waals surface area contributed by atoms with Crippen molar-refractivity contribution in [2.75, 3.05) is 6.54 Å². The Labute approximate surface area is 109 Å². The zero-order valence-corrected chi connectivity index (χ0v) is 11.6. The van der Waals surface area contributed by atoms with E-state index in [2.05, 4.69) is 43.5 Å². The molecule has 0 amide bonds. The Bertz CT molecular complexity index is 526. The molecule has 0 aliphatic rings. The van der Waals surface area contributed by atoms with Crippen molar-refractivity contribution < 1.29 is 0 Å². The first kappa shape index (κ1) is 13.1. The second-order valence-electron chi connectivity index (χ2n) is 5.07. The van der Waals surface area contributed by atoms with E-state index >= 15 is 0 Å². The van der Waals surface area contributed by atoms with Gasteiger partial charge in [-0.05, 0) is 43.5 Å². The van der Waals surface area contributed by atoms with E-state index in [1.54, 1.807) is 0 Å². The Hall–Kier alpha value is -1.35. The molecule has 2 N–H and O–H groups in total. The molecule has 98 valence electrons. The minimum atomic E-state index is 0.550. The largest absolute Gasteiger partial charge is 0.330 e. The summed E-state index contributed by atoms with van der Waals surface area (Å²) in [5.41, 5.74) is 9.31. The fourth-order valence-corrected chi connectivity index (χ4v) is 2.36. The number of aromatic nitrogens is 2. The highest BCUT2D eigenvalue weighted by molar-refractivity contribution is 5.77. The van der Waals surface area contributed by atoms with Crippen LogP contribution in [0.3, 0.4) is 0 Å². The van der Waals surface area contributed by atoms with Crippen molar-refractivity contribution in [3.8, 4) is 0 Å². The Balaban J connectivity index is 2.46. The molecule has 1 heterocycles. The van der Waals surface area contributed by atoms with Crippen LogP contribution in [0, 0.1) is 0 Å². The molecule has 3 heteroatoms. The lowest BCUT2D eigenvalue weighted by atomic mass is 10.0. The van der Waals surface area contributed by atoms with Crippen LogP contribution < -0.4 is 5.73 Å². The summed E-state index contributed by atoms with van der Waals surface area (Å²) in [5, 5.41) is 0. The van der Waals surface area contributed by atoms with Gasteiger partial charge in [0.25, 0.3) is 0 Å². The summed E-state index contributed by atoms with van der Waals surface area (Å²) in [6, 6.07) is 6.64. The highest BCUT2D eigenvalue weighted by Crippen LogP contribution is 2.22. The summed E-state index contributed by atoms with van der Waals surface area (Å²) in [4.78, 5) is 4.77. The lowest BCUT2D eigenvalue weighted by Crippen LogP contribution is -2.06. The molecule has 0 radical (unpaired) electrons. The summed E-state index contributed by atoms with van der Waals surface area (Å²) in [6.07, 6.45) is 1.97. The van der Waals surface area contributed by atoms with Crippen LogP contribution >= 0.6 is 0 Å². The van der Waals surface area contributed by atoms with Crippen LogP contribution in [0.15, 0.2) is 18.2 Å². The molecule has 0 fully saturated rings. The average molecular weight is 245 g/mol. The fraction of sp³-hybridized carbons (Fsp3) is 0.533. The number of hydrogen-bond donors (Lipinski definition) is 1. The molecule has 0 aliphatic heterocycles. The zero-order valence-electron chi connectivity index (χ0n) is 11.6. The normalized spacial score (nSPS) is 11.6. The molecule has 2 aromatic rings. The smallest absolute Gasteiger partial charge is 0.109 e. The van der Waals surface area contributed by atoms with Crippen molar-refractivity contribution in [3.63, 3.8) is 0 Å². The summed E-state index contributed by atoms with van der Waals surface area (Å²) in [7, 11) is 0. The van der Waals surface area contributed by atoms with E-state index in [-0.39, 0.29) is 0 Å². The van der Waals surface area contributed by atoms with Crippen molar-refractivity contribution in [2.45, 2.75) is 46.1 Å². The van der Waals surface area contributed by atoms with Gasteiger partial charge in [0, 0.05) is 13.0 Å². The first-order valence-corrected chi connectivity index (χ1v) is 6.86. The Kier molecular flexibility index (Phi) is 4.02. The summed E-state index contributed by atoms with van der Waals surface area (Å²) >= 11 is 0. The number of rotatable bonds is 5. The number of imidazole rings is 1. The standard InChI is InChI=1S/C15H23N3/c1-4-18-14-8-7-12(11(2)3)10-13(14)17-15(18)6-5-9-16/h7-8,10-11H,4-6,9,16H2,1-3H3. The molecule has 0 spiro atoms. The molecule has 0 saturated heterocycles. The van der Waals surface area contributed by atoms with Gasteiger partial charge in [-0.15, -0.1) is 0 Å². The number of aryl methyl sites for hydroxylation is 2. The molecule has 2 rings (SSSR count). The van der Waals surface area contributed by atoms with Crippen LogP contribution in [0.5, 0.6) is 0 Å². The predicted octanol–water partition coefficient (Wildman–Crippen LogP) is 3.07. The minimum Gasteiger partial charge on any atom is -0.330 e. The molecule has 0 atom stereocenters. The highest BCUT2D eigenvalue weighted by atomic mass is 15.1. The zero-order chi connectivity index (χ0) is 13.1. The van der Waals surface area contributed by atoms with Gasteiger partial charge in [-0.3, -0.25) is 0 Å². The van der Waals surface area contributed by atoms with Crippen LogP contribution in [0.4, 0.5) is 0 Å². The van der Waals surface area contributed by atoms with Crippen molar-refractivity contribution >= 4 is 11.0 Å². The van der Waals surface area contributed by atoms with Gasteiger partial charge in [-0.2, -0.15) is 0 Å². The van der Waals surface area contributed by atoms with Gasteiger partial charge >= 0.3 is 0 Å². The van der Waals surface area contributed by atoms with Crippen molar-refractivity contribution in [1.82, 2.24) is 9.55 Å². The first-order valence-electron chi connectivity index (χ1n) is 6.86. The highest BCUT2D eigenvalue weighted by Gasteiger charge is 2.10. The molecule has 18 heavy (non-hydrogen) atoms. The molecule has 0 saturated carbocycles. The van der Waals surface area contributed by atoms with E-state index in [0.717, 1.165) is 31.4 Å². The third-order valence-electron chi connectivity index (χ3n) is 3.44. The topological polar surface area (TPSA) is 43.8 Å². The van der Waals surface area contributed by atoms with Gasteiger partial charge in [-0.1, -0.05) is 19.9 Å². The summed E-state index contributed by atoms with van der Waals surface area (Å²) in [6.45, 7) is 8.30. The van der Waals surface area contributed by atoms with E-state index < -0.39 is 0 Å². The number of nitrogens with two attached hydrogens (primary N) is 1. The Morgan fingerprint density at radius 3 is 2.72 bits per heavy atom. The van der Waals surface area contributed by atoms with Gasteiger partial charge in [0.15, 0.2) is 0 Å². The van der Waals surface area contributed by atoms with E-state index in [1.807, 2.05) is 0 Å².